The lowest BCUT2D eigenvalue weighted by Gasteiger charge is -2.12. The molecule has 1 aliphatic carbocycles. The summed E-state index contributed by atoms with van der Waals surface area (Å²) >= 11 is 0. The van der Waals surface area contributed by atoms with E-state index in [-0.39, 0.29) is 0 Å². The van der Waals surface area contributed by atoms with Gasteiger partial charge in [0.15, 0.2) is 0 Å². The van der Waals surface area contributed by atoms with Crippen molar-refractivity contribution in [2.45, 2.75) is 65.7 Å². The Hall–Kier alpha value is -1.57. The second-order valence-electron chi connectivity index (χ2n) is 6.26. The Bertz CT molecular complexity index is 596. The number of aryl methyl sites for hydroxylation is 3. The quantitative estimate of drug-likeness (QED) is 0.748. The Balaban J connectivity index is 0.000000545. The van der Waals surface area contributed by atoms with E-state index in [9.17, 15) is 0 Å². The first-order valence-electron chi connectivity index (χ1n) is 8.85. The summed E-state index contributed by atoms with van der Waals surface area (Å²) in [5, 5.41) is 4.72. The van der Waals surface area contributed by atoms with Gasteiger partial charge in [0.05, 0.1) is 11.4 Å². The van der Waals surface area contributed by atoms with Crippen LogP contribution in [0.15, 0.2) is 24.3 Å². The SMILES string of the molecule is CCC.CCCc1cccc(-c2c3c(nn2C)CCCC3)c1. The largest absolute Gasteiger partial charge is 0.267 e. The van der Waals surface area contributed by atoms with Crippen molar-refractivity contribution in [3.63, 3.8) is 0 Å². The molecule has 1 aromatic carbocycles. The molecule has 0 bridgehead atoms. The van der Waals surface area contributed by atoms with Gasteiger partial charge >= 0.3 is 0 Å². The molecule has 0 radical (unpaired) electrons. The Morgan fingerprint density at radius 2 is 1.82 bits per heavy atom. The molecule has 0 spiro atoms. The minimum absolute atomic E-state index is 1.15. The molecule has 0 atom stereocenters. The lowest BCUT2D eigenvalue weighted by molar-refractivity contribution is 0.664. The van der Waals surface area contributed by atoms with Crippen LogP contribution in [0, 0.1) is 0 Å². The molecule has 0 N–H and O–H groups in total. The van der Waals surface area contributed by atoms with Gasteiger partial charge in [-0.1, -0.05) is 51.8 Å². The van der Waals surface area contributed by atoms with Gasteiger partial charge in [-0.25, -0.2) is 0 Å². The molecule has 0 aliphatic heterocycles. The number of hydrogen-bond acceptors (Lipinski definition) is 1. The van der Waals surface area contributed by atoms with E-state index in [0.717, 1.165) is 12.8 Å². The van der Waals surface area contributed by atoms with E-state index in [4.69, 9.17) is 5.10 Å². The van der Waals surface area contributed by atoms with Crippen LogP contribution in [-0.4, -0.2) is 9.78 Å². The third-order valence-corrected chi connectivity index (χ3v) is 4.06. The van der Waals surface area contributed by atoms with E-state index < -0.39 is 0 Å². The van der Waals surface area contributed by atoms with Crippen LogP contribution in [0.25, 0.3) is 11.3 Å². The molecule has 2 heteroatoms. The average molecular weight is 298 g/mol. The summed E-state index contributed by atoms with van der Waals surface area (Å²) in [5.74, 6) is 0. The first kappa shape index (κ1) is 16.8. The fourth-order valence-corrected chi connectivity index (χ4v) is 3.21. The molecule has 0 saturated carbocycles. The van der Waals surface area contributed by atoms with Gasteiger partial charge in [0, 0.05) is 18.2 Å². The molecule has 0 saturated heterocycles. The standard InChI is InChI=1S/C17H22N2.C3H8/c1-3-7-13-8-6-9-14(12-13)17-15-10-4-5-11-16(15)18-19(17)2;1-3-2/h6,8-9,12H,3-5,7,10-11H2,1-2H3;3H2,1-2H3. The van der Waals surface area contributed by atoms with Crippen molar-refractivity contribution < 1.29 is 0 Å². The molecule has 2 nitrogen and oxygen atoms in total. The van der Waals surface area contributed by atoms with Crippen molar-refractivity contribution in [2.75, 3.05) is 0 Å². The highest BCUT2D eigenvalue weighted by Crippen LogP contribution is 2.31. The summed E-state index contributed by atoms with van der Waals surface area (Å²) in [6.07, 6.45) is 8.55. The van der Waals surface area contributed by atoms with Crippen molar-refractivity contribution in [2.24, 2.45) is 7.05 Å². The molecule has 1 aromatic heterocycles. The van der Waals surface area contributed by atoms with Crippen molar-refractivity contribution in [3.8, 4) is 11.3 Å². The van der Waals surface area contributed by atoms with Crippen LogP contribution in [0.4, 0.5) is 0 Å². The summed E-state index contributed by atoms with van der Waals surface area (Å²) in [6, 6.07) is 8.98. The minimum Gasteiger partial charge on any atom is -0.267 e. The molecular formula is C20H30N2. The van der Waals surface area contributed by atoms with Crippen LogP contribution >= 0.6 is 0 Å². The van der Waals surface area contributed by atoms with Gasteiger partial charge in [-0.3, -0.25) is 4.68 Å². The number of aromatic nitrogens is 2. The monoisotopic (exact) mass is 298 g/mol. The minimum atomic E-state index is 1.15. The van der Waals surface area contributed by atoms with Crippen LogP contribution in [0.3, 0.4) is 0 Å². The van der Waals surface area contributed by atoms with Gasteiger partial charge in [-0.15, -0.1) is 0 Å². The van der Waals surface area contributed by atoms with Crippen LogP contribution < -0.4 is 0 Å². The highest BCUT2D eigenvalue weighted by atomic mass is 15.3. The van der Waals surface area contributed by atoms with Crippen LogP contribution in [0.5, 0.6) is 0 Å². The molecule has 3 rings (SSSR count). The highest BCUT2D eigenvalue weighted by molar-refractivity contribution is 5.66. The fraction of sp³-hybridized carbons (Fsp3) is 0.550. The lowest BCUT2D eigenvalue weighted by Crippen LogP contribution is -2.01. The zero-order valence-corrected chi connectivity index (χ0v) is 14.7. The molecule has 120 valence electrons. The summed E-state index contributed by atoms with van der Waals surface area (Å²) in [4.78, 5) is 0. The van der Waals surface area contributed by atoms with Gasteiger partial charge < -0.3 is 0 Å². The van der Waals surface area contributed by atoms with Gasteiger partial charge in [0.2, 0.25) is 0 Å². The maximum absolute atomic E-state index is 4.72. The number of nitrogens with zero attached hydrogens (tertiary/aromatic N) is 2. The first-order chi connectivity index (χ1) is 10.7. The second kappa shape index (κ2) is 8.17. The van der Waals surface area contributed by atoms with Crippen LogP contribution in [0.1, 0.15) is 63.3 Å². The van der Waals surface area contributed by atoms with Crippen LogP contribution in [-0.2, 0) is 26.3 Å². The van der Waals surface area contributed by atoms with E-state index in [1.807, 2.05) is 0 Å². The molecule has 1 heterocycles. The normalized spacial score (nSPS) is 13.3. The Morgan fingerprint density at radius 3 is 2.55 bits per heavy atom. The van der Waals surface area contributed by atoms with Crippen molar-refractivity contribution in [1.29, 1.82) is 0 Å². The Kier molecular flexibility index (Phi) is 6.23. The lowest BCUT2D eigenvalue weighted by atomic mass is 9.93. The van der Waals surface area contributed by atoms with E-state index in [2.05, 4.69) is 56.8 Å². The Morgan fingerprint density at radius 1 is 1.09 bits per heavy atom. The Labute approximate surface area is 135 Å². The number of hydrogen-bond donors (Lipinski definition) is 0. The topological polar surface area (TPSA) is 17.8 Å². The molecular weight excluding hydrogens is 268 g/mol. The summed E-state index contributed by atoms with van der Waals surface area (Å²) < 4.78 is 2.08. The first-order valence-corrected chi connectivity index (χ1v) is 8.85. The van der Waals surface area contributed by atoms with E-state index >= 15 is 0 Å². The van der Waals surface area contributed by atoms with Gasteiger partial charge in [-0.2, -0.15) is 5.10 Å². The zero-order chi connectivity index (χ0) is 15.9. The molecule has 2 aromatic rings. The second-order valence-corrected chi connectivity index (χ2v) is 6.26. The number of rotatable bonds is 3. The molecule has 22 heavy (non-hydrogen) atoms. The predicted octanol–water partition coefficient (Wildman–Crippen LogP) is 5.33. The van der Waals surface area contributed by atoms with Crippen molar-refractivity contribution in [1.82, 2.24) is 9.78 Å². The predicted molar refractivity (Wildman–Crippen MR) is 95.2 cm³/mol. The highest BCUT2D eigenvalue weighted by Gasteiger charge is 2.20. The molecule has 0 unspecified atom stereocenters. The van der Waals surface area contributed by atoms with Gasteiger partial charge in [0.25, 0.3) is 0 Å². The summed E-state index contributed by atoms with van der Waals surface area (Å²) in [5.41, 5.74) is 6.93. The maximum atomic E-state index is 4.72. The summed E-state index contributed by atoms with van der Waals surface area (Å²) in [7, 11) is 2.08. The van der Waals surface area contributed by atoms with Crippen molar-refractivity contribution in [3.05, 3.63) is 41.1 Å². The number of fused-ring (bicyclic) bond motifs is 1. The molecule has 1 aliphatic rings. The molecule has 0 fully saturated rings. The zero-order valence-electron chi connectivity index (χ0n) is 14.7. The maximum Gasteiger partial charge on any atom is 0.0713 e. The third kappa shape index (κ3) is 3.79. The summed E-state index contributed by atoms with van der Waals surface area (Å²) in [6.45, 7) is 6.48. The third-order valence-electron chi connectivity index (χ3n) is 4.06. The van der Waals surface area contributed by atoms with Gasteiger partial charge in [-0.05, 0) is 43.7 Å². The molecule has 0 amide bonds. The smallest absolute Gasteiger partial charge is 0.0713 e. The van der Waals surface area contributed by atoms with E-state index in [1.165, 1.54) is 60.2 Å². The van der Waals surface area contributed by atoms with E-state index in [1.54, 1.807) is 0 Å². The van der Waals surface area contributed by atoms with Crippen LogP contribution in [0.2, 0.25) is 0 Å². The average Bonchev–Trinajstić information content (AvgIpc) is 2.84. The van der Waals surface area contributed by atoms with Gasteiger partial charge in [0.1, 0.15) is 0 Å². The fourth-order valence-electron chi connectivity index (χ4n) is 3.21. The number of benzene rings is 1. The van der Waals surface area contributed by atoms with E-state index in [0.29, 0.717) is 0 Å². The van der Waals surface area contributed by atoms with Crippen molar-refractivity contribution >= 4 is 0 Å².